The van der Waals surface area contributed by atoms with Gasteiger partial charge in [0.25, 0.3) is 0 Å². The van der Waals surface area contributed by atoms with Gasteiger partial charge in [0.2, 0.25) is 0 Å². The van der Waals surface area contributed by atoms with Crippen LogP contribution in [-0.4, -0.2) is 76.7 Å². The van der Waals surface area contributed by atoms with Crippen molar-refractivity contribution in [1.82, 2.24) is 0 Å². The summed E-state index contributed by atoms with van der Waals surface area (Å²) in [7, 11) is 0. The van der Waals surface area contributed by atoms with E-state index in [1.54, 1.807) is 6.92 Å². The maximum Gasteiger partial charge on any atom is 0.308 e. The molecule has 0 fully saturated rings. The summed E-state index contributed by atoms with van der Waals surface area (Å²) in [6, 6.07) is 0. The number of hydrogen-bond acceptors (Lipinski definition) is 3. The predicted octanol–water partition coefficient (Wildman–Crippen LogP) is 13.9. The van der Waals surface area contributed by atoms with Crippen molar-refractivity contribution < 1.29 is 14.6 Å². The molecular formula is C15H28Cl20O3. The van der Waals surface area contributed by atoms with Crippen LogP contribution >= 0.6 is 232 Å². The van der Waals surface area contributed by atoms with Gasteiger partial charge in [0.05, 0.1) is 67.7 Å². The average molecular weight is 965 g/mol. The number of halogens is 20. The first-order valence-electron chi connectivity index (χ1n) is 7.97. The van der Waals surface area contributed by atoms with Crippen molar-refractivity contribution in [2.75, 3.05) is 61.3 Å². The van der Waals surface area contributed by atoms with E-state index < -0.39 is 16.9 Å². The van der Waals surface area contributed by atoms with Gasteiger partial charge in [-0.05, 0) is 6.92 Å². The summed E-state index contributed by atoms with van der Waals surface area (Å²) >= 11 is 96.7. The van der Waals surface area contributed by atoms with E-state index in [1.807, 2.05) is 0 Å². The van der Waals surface area contributed by atoms with Gasteiger partial charge in [-0.15, -0.1) is 209 Å². The van der Waals surface area contributed by atoms with Crippen LogP contribution in [0.15, 0.2) is 0 Å². The van der Waals surface area contributed by atoms with Gasteiger partial charge in [-0.1, -0.05) is 23.2 Å². The van der Waals surface area contributed by atoms with Crippen LogP contribution in [0.1, 0.15) is 13.3 Å². The molecule has 23 heteroatoms. The van der Waals surface area contributed by atoms with Crippen molar-refractivity contribution in [1.29, 1.82) is 0 Å². The first-order valence-corrected chi connectivity index (χ1v) is 18.3. The molecule has 1 N–H and O–H groups in total. The Morgan fingerprint density at radius 3 is 0.789 bits per heavy atom. The third-order valence-electron chi connectivity index (χ3n) is 0.940. The van der Waals surface area contributed by atoms with Crippen LogP contribution in [0.5, 0.6) is 0 Å². The number of esters is 1. The summed E-state index contributed by atoms with van der Waals surface area (Å²) < 4.78 is 3.15. The van der Waals surface area contributed by atoms with Gasteiger partial charge >= 0.3 is 5.97 Å². The Morgan fingerprint density at radius 1 is 0.526 bits per heavy atom. The lowest BCUT2D eigenvalue weighted by Gasteiger charge is -2.14. The van der Waals surface area contributed by atoms with Crippen LogP contribution in [0.3, 0.4) is 0 Å². The molecule has 0 aliphatic rings. The van der Waals surface area contributed by atoms with Crippen LogP contribution in [0.2, 0.25) is 0 Å². The lowest BCUT2D eigenvalue weighted by atomic mass is 10.3. The number of aliphatic hydroxyl groups is 1. The average Bonchev–Trinajstić information content (AvgIpc) is 2.79. The highest BCUT2D eigenvalue weighted by Crippen LogP contribution is 2.24. The summed E-state index contributed by atoms with van der Waals surface area (Å²) in [4.78, 5) is 10.7. The Morgan fingerprint density at radius 2 is 0.684 bits per heavy atom. The minimum absolute atomic E-state index is 0.194. The normalized spacial score (nSPS) is 7.53. The zero-order valence-corrected chi connectivity index (χ0v) is 34.4. The second-order valence-corrected chi connectivity index (χ2v) is 11.8. The highest BCUT2D eigenvalue weighted by Gasteiger charge is 2.27. The number of alkyl halides is 20. The van der Waals surface area contributed by atoms with Gasteiger partial charge < -0.3 is 9.84 Å². The Hall–Kier alpha value is 5.23. The molecule has 0 aromatic rings. The van der Waals surface area contributed by atoms with Gasteiger partial charge in [0.15, 0.2) is 4.33 Å². The van der Waals surface area contributed by atoms with Crippen molar-refractivity contribution in [3.05, 3.63) is 0 Å². The smallest absolute Gasteiger partial charge is 0.308 e. The van der Waals surface area contributed by atoms with Gasteiger partial charge in [0.1, 0.15) is 0 Å². The first kappa shape index (κ1) is 69.8. The fourth-order valence-corrected chi connectivity index (χ4v) is 0.697. The van der Waals surface area contributed by atoms with Crippen LogP contribution in [0.4, 0.5) is 0 Å². The number of ether oxygens (including phenoxy) is 1. The van der Waals surface area contributed by atoms with Crippen molar-refractivity contribution >= 4 is 238 Å². The molecule has 38 heavy (non-hydrogen) atoms. The number of hydrogen-bond donors (Lipinski definition) is 1. The second kappa shape index (κ2) is 96.8. The number of carbonyl (C=O) groups is 1. The maximum absolute atomic E-state index is 10.7. The lowest BCUT2D eigenvalue weighted by molar-refractivity contribution is -0.143. The van der Waals surface area contributed by atoms with Crippen LogP contribution in [0.25, 0.3) is 0 Å². The molecule has 0 amide bonds. The van der Waals surface area contributed by atoms with E-state index in [4.69, 9.17) is 237 Å². The molecule has 246 valence electrons. The molecule has 0 aliphatic heterocycles. The molecule has 0 saturated carbocycles. The maximum atomic E-state index is 10.7. The SMILES string of the molecule is CCOC(=O)CC(Cl)(Cl)CO.ClCCl.ClCCl.ClCCl.ClCCl.ClCCl.ClCCl.ClCCl.ClCCl.ClCCl. The molecule has 0 radical (unpaired) electrons. The quantitative estimate of drug-likeness (QED) is 0.226. The van der Waals surface area contributed by atoms with Gasteiger partial charge in [-0.3, -0.25) is 4.79 Å². The molecule has 3 nitrogen and oxygen atoms in total. The predicted molar refractivity (Wildman–Crippen MR) is 192 cm³/mol. The number of carbonyl (C=O) groups excluding carboxylic acids is 1. The van der Waals surface area contributed by atoms with Gasteiger partial charge in [-0.2, -0.15) is 0 Å². The zero-order chi connectivity index (χ0) is 33.3. The van der Waals surface area contributed by atoms with E-state index in [9.17, 15) is 4.79 Å². The Balaban J connectivity index is -0.0000000310. The third kappa shape index (κ3) is 253. The fourth-order valence-electron chi connectivity index (χ4n) is 0.479. The molecule has 0 saturated heterocycles. The molecule has 0 bridgehead atoms. The summed E-state index contributed by atoms with van der Waals surface area (Å²) in [6.07, 6.45) is -0.194. The summed E-state index contributed by atoms with van der Waals surface area (Å²) in [5.74, 6) is -0.508. The van der Waals surface area contributed by atoms with Crippen molar-refractivity contribution in [2.45, 2.75) is 17.7 Å². The Kier molecular flexibility index (Phi) is 178. The van der Waals surface area contributed by atoms with Crippen molar-refractivity contribution in [2.24, 2.45) is 0 Å². The molecule has 0 atom stereocenters. The lowest BCUT2D eigenvalue weighted by Crippen LogP contribution is -2.24. The fraction of sp³-hybridized carbons (Fsp3) is 0.933. The molecule has 0 aliphatic carbocycles. The topological polar surface area (TPSA) is 46.5 Å². The Bertz CT molecular complexity index is 245. The van der Waals surface area contributed by atoms with Crippen molar-refractivity contribution in [3.8, 4) is 0 Å². The molecule has 0 aromatic heterocycles. The van der Waals surface area contributed by atoms with Crippen LogP contribution in [0, 0.1) is 0 Å². The molecular weight excluding hydrogens is 937 g/mol. The summed E-state index contributed by atoms with van der Waals surface area (Å²) in [5.41, 5.74) is 0. The first-order chi connectivity index (χ1) is 17.7. The Labute approximate surface area is 327 Å². The van der Waals surface area contributed by atoms with Crippen LogP contribution in [-0.2, 0) is 9.53 Å². The highest BCUT2D eigenvalue weighted by molar-refractivity contribution is 6.49. The molecule has 0 rings (SSSR count). The minimum atomic E-state index is -1.41. The van der Waals surface area contributed by atoms with E-state index in [2.05, 4.69) is 4.74 Å². The standard InChI is InChI=1S/C6H10Cl2O3.9CH2Cl2/c1-2-11-5(10)3-6(7,8)4-9;9*2-1-3/h9H,2-4H2,1H3;9*1H2. The largest absolute Gasteiger partial charge is 0.466 e. The third-order valence-corrected chi connectivity index (χ3v) is 1.45. The van der Waals surface area contributed by atoms with Crippen LogP contribution < -0.4 is 0 Å². The zero-order valence-electron chi connectivity index (χ0n) is 19.3. The number of rotatable bonds is 4. The molecule has 0 aromatic carbocycles. The van der Waals surface area contributed by atoms with E-state index in [0.717, 1.165) is 0 Å². The highest BCUT2D eigenvalue weighted by atomic mass is 35.6. The van der Waals surface area contributed by atoms with Crippen molar-refractivity contribution in [3.63, 3.8) is 0 Å². The molecule has 0 unspecified atom stereocenters. The van der Waals surface area contributed by atoms with Gasteiger partial charge in [-0.25, -0.2) is 0 Å². The summed E-state index contributed by atoms with van der Waals surface area (Å²) in [6.45, 7) is 1.50. The van der Waals surface area contributed by atoms with E-state index in [-0.39, 0.29) is 61.1 Å². The van der Waals surface area contributed by atoms with E-state index in [0.29, 0.717) is 0 Å². The molecule has 0 spiro atoms. The molecule has 0 heterocycles. The monoisotopic (exact) mass is 956 g/mol. The summed E-state index contributed by atoms with van der Waals surface area (Å²) in [5, 5.41) is 10.3. The van der Waals surface area contributed by atoms with Gasteiger partial charge in [0, 0.05) is 0 Å². The minimum Gasteiger partial charge on any atom is -0.466 e. The van der Waals surface area contributed by atoms with E-state index >= 15 is 0 Å². The number of aliphatic hydroxyl groups excluding tert-OH is 1. The van der Waals surface area contributed by atoms with E-state index in [1.165, 1.54) is 0 Å². The second-order valence-electron chi connectivity index (χ2n) is 2.91.